The molecule has 1 heterocycles. The molecule has 2 rings (SSSR count). The van der Waals surface area contributed by atoms with Crippen molar-refractivity contribution in [1.82, 2.24) is 10.2 Å². The van der Waals surface area contributed by atoms with Crippen LogP contribution < -0.4 is 11.1 Å². The van der Waals surface area contributed by atoms with E-state index in [9.17, 15) is 4.79 Å². The summed E-state index contributed by atoms with van der Waals surface area (Å²) in [5.74, 6) is -0.0336. The minimum absolute atomic E-state index is 0. The average Bonchev–Trinajstić information content (AvgIpc) is 2.97. The number of carbonyl (C=O) groups excluding carboxylic acids is 1. The van der Waals surface area contributed by atoms with Gasteiger partial charge in [-0.1, -0.05) is 30.3 Å². The summed E-state index contributed by atoms with van der Waals surface area (Å²) in [6.45, 7) is 1.05. The first-order chi connectivity index (χ1) is 10.1. The van der Waals surface area contributed by atoms with Crippen LogP contribution in [0.1, 0.15) is 24.4 Å². The van der Waals surface area contributed by atoms with E-state index in [2.05, 4.69) is 22.3 Å². The van der Waals surface area contributed by atoms with Crippen LogP contribution in [0.25, 0.3) is 0 Å². The maximum Gasteiger partial charge on any atom is 0.249 e. The van der Waals surface area contributed by atoms with E-state index in [4.69, 9.17) is 10.5 Å². The van der Waals surface area contributed by atoms with Gasteiger partial charge in [-0.25, -0.2) is 0 Å². The lowest BCUT2D eigenvalue weighted by molar-refractivity contribution is -0.132. The van der Waals surface area contributed by atoms with Gasteiger partial charge in [0.05, 0.1) is 12.1 Å². The Balaban J connectivity index is 0.00000242. The highest BCUT2D eigenvalue weighted by Crippen LogP contribution is 2.20. The predicted molar refractivity (Wildman–Crippen MR) is 97.3 cm³/mol. The molecule has 0 aliphatic carbocycles. The molecule has 0 bridgehead atoms. The van der Waals surface area contributed by atoms with Crippen LogP contribution in [0.4, 0.5) is 0 Å². The topological polar surface area (TPSA) is 67.6 Å². The molecule has 132 valence electrons. The zero-order chi connectivity index (χ0) is 15.2. The first kappa shape index (κ1) is 22.1. The van der Waals surface area contributed by atoms with Crippen LogP contribution in [0.2, 0.25) is 0 Å². The zero-order valence-corrected chi connectivity index (χ0v) is 15.2. The highest BCUT2D eigenvalue weighted by Gasteiger charge is 2.30. The third-order valence-corrected chi connectivity index (χ3v) is 3.94. The zero-order valence-electron chi connectivity index (χ0n) is 13.6. The molecular formula is C16H27Cl2N3O2. The van der Waals surface area contributed by atoms with Gasteiger partial charge in [-0.05, 0) is 32.5 Å². The molecule has 1 fully saturated rings. The van der Waals surface area contributed by atoms with Crippen LogP contribution in [-0.2, 0) is 9.53 Å². The smallest absolute Gasteiger partial charge is 0.249 e. The second kappa shape index (κ2) is 10.8. The summed E-state index contributed by atoms with van der Waals surface area (Å²) in [6, 6.07) is 10.3. The molecule has 1 aliphatic heterocycles. The van der Waals surface area contributed by atoms with Crippen LogP contribution in [0.15, 0.2) is 30.3 Å². The average molecular weight is 364 g/mol. The largest absolute Gasteiger partial charge is 0.364 e. The fourth-order valence-electron chi connectivity index (χ4n) is 2.66. The van der Waals surface area contributed by atoms with Crippen molar-refractivity contribution < 1.29 is 9.53 Å². The fourth-order valence-corrected chi connectivity index (χ4v) is 2.66. The molecule has 1 aromatic carbocycles. The molecule has 1 amide bonds. The Labute approximate surface area is 150 Å². The lowest BCUT2D eigenvalue weighted by Gasteiger charge is -2.25. The van der Waals surface area contributed by atoms with Gasteiger partial charge in [0.2, 0.25) is 5.91 Å². The number of nitrogens with two attached hydrogens (primary N) is 1. The third kappa shape index (κ3) is 6.28. The van der Waals surface area contributed by atoms with Crippen LogP contribution in [0.5, 0.6) is 0 Å². The third-order valence-electron chi connectivity index (χ3n) is 3.94. The Morgan fingerprint density at radius 2 is 1.96 bits per heavy atom. The van der Waals surface area contributed by atoms with Gasteiger partial charge in [0, 0.05) is 13.1 Å². The van der Waals surface area contributed by atoms with Crippen molar-refractivity contribution in [2.45, 2.75) is 31.1 Å². The summed E-state index contributed by atoms with van der Waals surface area (Å²) in [5, 5.41) is 3.00. The van der Waals surface area contributed by atoms with Gasteiger partial charge in [0.1, 0.15) is 6.10 Å². The molecule has 3 atom stereocenters. The Kier molecular flexibility index (Phi) is 10.4. The number of likely N-dealkylation sites (N-methyl/N-ethyl adjacent to an activating group) is 1. The summed E-state index contributed by atoms with van der Waals surface area (Å²) >= 11 is 0. The minimum Gasteiger partial charge on any atom is -0.364 e. The molecule has 1 unspecified atom stereocenters. The number of rotatable bonds is 6. The molecule has 0 spiro atoms. The molecule has 3 N–H and O–H groups in total. The number of amides is 1. The van der Waals surface area contributed by atoms with Crippen molar-refractivity contribution in [2.24, 2.45) is 5.73 Å². The highest BCUT2D eigenvalue weighted by atomic mass is 35.5. The molecule has 7 heteroatoms. The number of ether oxygens (including phenoxy) is 1. The molecule has 0 radical (unpaired) electrons. The van der Waals surface area contributed by atoms with Gasteiger partial charge in [-0.3, -0.25) is 4.79 Å². The number of halogens is 2. The molecular weight excluding hydrogens is 337 g/mol. The highest BCUT2D eigenvalue weighted by molar-refractivity contribution is 5.85. The quantitative estimate of drug-likeness (QED) is 0.807. The van der Waals surface area contributed by atoms with Crippen molar-refractivity contribution in [3.63, 3.8) is 0 Å². The normalized spacial score (nSPS) is 21.2. The Bertz CT molecular complexity index is 460. The summed E-state index contributed by atoms with van der Waals surface area (Å²) in [7, 11) is 4.03. The number of nitrogens with one attached hydrogen (secondary N) is 1. The molecule has 1 aliphatic rings. The fraction of sp³-hybridized carbons (Fsp3) is 0.562. The Hall–Kier alpha value is -0.850. The van der Waals surface area contributed by atoms with Crippen molar-refractivity contribution >= 4 is 30.7 Å². The Morgan fingerprint density at radius 1 is 1.30 bits per heavy atom. The van der Waals surface area contributed by atoms with Crippen LogP contribution >= 0.6 is 24.8 Å². The van der Waals surface area contributed by atoms with E-state index in [1.165, 1.54) is 5.56 Å². The SMILES string of the molecule is CN(C)C(CNC(=O)[C@@H]1CC[C@H](CN)O1)c1ccccc1.Cl.Cl. The van der Waals surface area contributed by atoms with Crippen LogP contribution in [0, 0.1) is 0 Å². The van der Waals surface area contributed by atoms with Crippen molar-refractivity contribution in [2.75, 3.05) is 27.2 Å². The van der Waals surface area contributed by atoms with Crippen LogP contribution in [0.3, 0.4) is 0 Å². The minimum atomic E-state index is -0.350. The molecule has 5 nitrogen and oxygen atoms in total. The number of carbonyl (C=O) groups is 1. The van der Waals surface area contributed by atoms with Crippen molar-refractivity contribution in [3.8, 4) is 0 Å². The maximum absolute atomic E-state index is 12.2. The molecule has 23 heavy (non-hydrogen) atoms. The first-order valence-electron chi connectivity index (χ1n) is 7.46. The predicted octanol–water partition coefficient (Wildman–Crippen LogP) is 1.76. The van der Waals surface area contributed by atoms with Crippen LogP contribution in [-0.4, -0.2) is 50.2 Å². The van der Waals surface area contributed by atoms with Gasteiger partial charge >= 0.3 is 0 Å². The van der Waals surface area contributed by atoms with Crippen molar-refractivity contribution in [1.29, 1.82) is 0 Å². The summed E-state index contributed by atoms with van der Waals surface area (Å²) in [5.41, 5.74) is 6.76. The maximum atomic E-state index is 12.2. The molecule has 0 saturated carbocycles. The number of benzene rings is 1. The molecule has 1 saturated heterocycles. The summed E-state index contributed by atoms with van der Waals surface area (Å²) < 4.78 is 5.62. The molecule has 1 aromatic rings. The lowest BCUT2D eigenvalue weighted by Crippen LogP contribution is -2.40. The van der Waals surface area contributed by atoms with Gasteiger partial charge < -0.3 is 20.7 Å². The number of hydrogen-bond acceptors (Lipinski definition) is 4. The van der Waals surface area contributed by atoms with E-state index < -0.39 is 0 Å². The van der Waals surface area contributed by atoms with E-state index in [0.717, 1.165) is 12.8 Å². The lowest BCUT2D eigenvalue weighted by atomic mass is 10.1. The summed E-state index contributed by atoms with van der Waals surface area (Å²) in [6.07, 6.45) is 1.30. The van der Waals surface area contributed by atoms with E-state index in [1.54, 1.807) is 0 Å². The number of hydrogen-bond donors (Lipinski definition) is 2. The van der Waals surface area contributed by atoms with Gasteiger partial charge in [0.25, 0.3) is 0 Å². The van der Waals surface area contributed by atoms with Crippen molar-refractivity contribution in [3.05, 3.63) is 35.9 Å². The first-order valence-corrected chi connectivity index (χ1v) is 7.46. The van der Waals surface area contributed by atoms with E-state index >= 15 is 0 Å². The number of nitrogens with zero attached hydrogens (tertiary/aromatic N) is 1. The van der Waals surface area contributed by atoms with Gasteiger partial charge in [-0.15, -0.1) is 24.8 Å². The monoisotopic (exact) mass is 363 g/mol. The van der Waals surface area contributed by atoms with Gasteiger partial charge in [0.15, 0.2) is 0 Å². The van der Waals surface area contributed by atoms with E-state index in [0.29, 0.717) is 13.1 Å². The van der Waals surface area contributed by atoms with E-state index in [-0.39, 0.29) is 49.0 Å². The summed E-state index contributed by atoms with van der Waals surface area (Å²) in [4.78, 5) is 14.3. The standard InChI is InChI=1S/C16H25N3O2.2ClH/c1-19(2)14(12-6-4-3-5-7-12)11-18-16(20)15-9-8-13(10-17)21-15;;/h3-7,13-15H,8-11,17H2,1-2H3,(H,18,20);2*1H/t13-,14?,15+;;/m1../s1. The second-order valence-corrected chi connectivity index (χ2v) is 5.70. The van der Waals surface area contributed by atoms with E-state index in [1.807, 2.05) is 32.3 Å². The van der Waals surface area contributed by atoms with Gasteiger partial charge in [-0.2, -0.15) is 0 Å². The molecule has 0 aromatic heterocycles. The Morgan fingerprint density at radius 3 is 2.48 bits per heavy atom. The second-order valence-electron chi connectivity index (χ2n) is 5.70.